The van der Waals surface area contributed by atoms with Crippen LogP contribution in [0.1, 0.15) is 29.7 Å². The van der Waals surface area contributed by atoms with Crippen LogP contribution in [0.3, 0.4) is 0 Å². The van der Waals surface area contributed by atoms with Gasteiger partial charge in [0.15, 0.2) is 0 Å². The fourth-order valence-corrected chi connectivity index (χ4v) is 2.87. The molecule has 2 aliphatic rings. The molecule has 110 valence electrons. The lowest BCUT2D eigenvalue weighted by Gasteiger charge is -2.13. The molecule has 0 bridgehead atoms. The minimum atomic E-state index is 0.721. The minimum absolute atomic E-state index is 0.721. The summed E-state index contributed by atoms with van der Waals surface area (Å²) in [4.78, 5) is 2.47. The lowest BCUT2D eigenvalue weighted by Crippen LogP contribution is -2.22. The predicted octanol–water partition coefficient (Wildman–Crippen LogP) is 1.55. The van der Waals surface area contributed by atoms with Crippen LogP contribution < -0.4 is 5.32 Å². The molecule has 2 heterocycles. The van der Waals surface area contributed by atoms with Gasteiger partial charge in [-0.05, 0) is 24.0 Å². The molecule has 0 amide bonds. The van der Waals surface area contributed by atoms with Crippen molar-refractivity contribution in [3.05, 3.63) is 47.3 Å². The summed E-state index contributed by atoms with van der Waals surface area (Å²) in [6.45, 7) is 4.89. The number of nitrogens with zero attached hydrogens (tertiary/aromatic N) is 4. The molecule has 5 nitrogen and oxygen atoms in total. The van der Waals surface area contributed by atoms with Crippen molar-refractivity contribution in [2.45, 2.75) is 45.1 Å². The van der Waals surface area contributed by atoms with Gasteiger partial charge in [-0.3, -0.25) is 9.58 Å². The molecule has 1 fully saturated rings. The molecule has 1 saturated carbocycles. The van der Waals surface area contributed by atoms with Crippen LogP contribution in [0.2, 0.25) is 0 Å². The maximum absolute atomic E-state index is 4.23. The third kappa shape index (κ3) is 3.14. The SMILES string of the molecule is c1ccc2c(c1)CN(CCn1cc(CNC3CC3)nn1)C2. The summed E-state index contributed by atoms with van der Waals surface area (Å²) in [5.74, 6) is 0. The second-order valence-electron chi connectivity index (χ2n) is 6.11. The third-order valence-corrected chi connectivity index (χ3v) is 4.29. The monoisotopic (exact) mass is 283 g/mol. The average Bonchev–Trinajstić information content (AvgIpc) is 3.07. The second kappa shape index (κ2) is 5.58. The Hall–Kier alpha value is -1.72. The lowest BCUT2D eigenvalue weighted by molar-refractivity contribution is 0.266. The van der Waals surface area contributed by atoms with Gasteiger partial charge in [-0.15, -0.1) is 5.10 Å². The Morgan fingerprint density at radius 1 is 1.10 bits per heavy atom. The average molecular weight is 283 g/mol. The van der Waals surface area contributed by atoms with E-state index in [1.807, 2.05) is 4.68 Å². The van der Waals surface area contributed by atoms with Crippen molar-refractivity contribution >= 4 is 0 Å². The van der Waals surface area contributed by atoms with E-state index in [1.165, 1.54) is 24.0 Å². The Labute approximate surface area is 125 Å². The van der Waals surface area contributed by atoms with Gasteiger partial charge >= 0.3 is 0 Å². The molecule has 1 aromatic carbocycles. The maximum atomic E-state index is 4.23. The first-order chi connectivity index (χ1) is 10.4. The third-order valence-electron chi connectivity index (χ3n) is 4.29. The molecule has 0 radical (unpaired) electrons. The molecule has 0 spiro atoms. The van der Waals surface area contributed by atoms with Crippen LogP contribution in [0.25, 0.3) is 0 Å². The van der Waals surface area contributed by atoms with Gasteiger partial charge in [0.2, 0.25) is 0 Å². The number of aromatic nitrogens is 3. The number of nitrogens with one attached hydrogen (secondary N) is 1. The summed E-state index contributed by atoms with van der Waals surface area (Å²) in [6, 6.07) is 9.43. The summed E-state index contributed by atoms with van der Waals surface area (Å²) in [5, 5.41) is 11.9. The predicted molar refractivity (Wildman–Crippen MR) is 80.4 cm³/mol. The van der Waals surface area contributed by atoms with Crippen LogP contribution >= 0.6 is 0 Å². The van der Waals surface area contributed by atoms with Gasteiger partial charge in [0.1, 0.15) is 0 Å². The topological polar surface area (TPSA) is 46.0 Å². The van der Waals surface area contributed by atoms with E-state index >= 15 is 0 Å². The van der Waals surface area contributed by atoms with Crippen LogP contribution in [-0.4, -0.2) is 32.5 Å². The first-order valence-electron chi connectivity index (χ1n) is 7.78. The Morgan fingerprint density at radius 3 is 2.57 bits per heavy atom. The molecule has 21 heavy (non-hydrogen) atoms. The van der Waals surface area contributed by atoms with E-state index in [4.69, 9.17) is 0 Å². The largest absolute Gasteiger partial charge is 0.308 e. The van der Waals surface area contributed by atoms with Crippen molar-refractivity contribution in [1.29, 1.82) is 0 Å². The van der Waals surface area contributed by atoms with Crippen molar-refractivity contribution in [2.24, 2.45) is 0 Å². The Kier molecular flexibility index (Phi) is 3.45. The van der Waals surface area contributed by atoms with Gasteiger partial charge in [0.25, 0.3) is 0 Å². The highest BCUT2D eigenvalue weighted by Crippen LogP contribution is 2.21. The van der Waals surface area contributed by atoms with Crippen LogP contribution in [0.4, 0.5) is 0 Å². The highest BCUT2D eigenvalue weighted by molar-refractivity contribution is 5.30. The van der Waals surface area contributed by atoms with E-state index in [9.17, 15) is 0 Å². The molecule has 1 aromatic heterocycles. The zero-order valence-electron chi connectivity index (χ0n) is 12.2. The van der Waals surface area contributed by atoms with E-state index in [0.29, 0.717) is 0 Å². The molecule has 1 aliphatic heterocycles. The van der Waals surface area contributed by atoms with Crippen molar-refractivity contribution in [3.63, 3.8) is 0 Å². The second-order valence-corrected chi connectivity index (χ2v) is 6.11. The molecule has 1 N–H and O–H groups in total. The molecule has 5 heteroatoms. The summed E-state index contributed by atoms with van der Waals surface area (Å²) in [7, 11) is 0. The molecular weight excluding hydrogens is 262 g/mol. The van der Waals surface area contributed by atoms with Gasteiger partial charge in [0.05, 0.1) is 12.2 Å². The highest BCUT2D eigenvalue weighted by Gasteiger charge is 2.20. The van der Waals surface area contributed by atoms with Crippen LogP contribution in [-0.2, 0) is 26.2 Å². The summed E-state index contributed by atoms with van der Waals surface area (Å²) in [6.07, 6.45) is 4.69. The van der Waals surface area contributed by atoms with Crippen molar-refractivity contribution in [1.82, 2.24) is 25.2 Å². The van der Waals surface area contributed by atoms with E-state index in [2.05, 4.69) is 51.0 Å². The van der Waals surface area contributed by atoms with E-state index in [1.54, 1.807) is 0 Å². The highest BCUT2D eigenvalue weighted by atomic mass is 15.4. The fraction of sp³-hybridized carbons (Fsp3) is 0.500. The van der Waals surface area contributed by atoms with Gasteiger partial charge in [-0.25, -0.2) is 0 Å². The fourth-order valence-electron chi connectivity index (χ4n) is 2.87. The lowest BCUT2D eigenvalue weighted by atomic mass is 10.1. The Bertz CT molecular complexity index is 592. The van der Waals surface area contributed by atoms with Gasteiger partial charge in [-0.2, -0.15) is 0 Å². The van der Waals surface area contributed by atoms with E-state index < -0.39 is 0 Å². The molecular formula is C16H21N5. The van der Waals surface area contributed by atoms with E-state index in [0.717, 1.165) is 44.5 Å². The van der Waals surface area contributed by atoms with Gasteiger partial charge < -0.3 is 5.32 Å². The van der Waals surface area contributed by atoms with Crippen molar-refractivity contribution in [2.75, 3.05) is 6.54 Å². The van der Waals surface area contributed by atoms with Crippen LogP contribution in [0, 0.1) is 0 Å². The molecule has 0 atom stereocenters. The molecule has 0 saturated heterocycles. The molecule has 2 aromatic rings. The minimum Gasteiger partial charge on any atom is -0.308 e. The Morgan fingerprint density at radius 2 is 1.86 bits per heavy atom. The number of hydrogen-bond acceptors (Lipinski definition) is 4. The van der Waals surface area contributed by atoms with E-state index in [-0.39, 0.29) is 0 Å². The van der Waals surface area contributed by atoms with Gasteiger partial charge in [-0.1, -0.05) is 29.5 Å². The summed E-state index contributed by atoms with van der Waals surface area (Å²) < 4.78 is 1.97. The Balaban J connectivity index is 1.27. The van der Waals surface area contributed by atoms with Gasteiger partial charge in [0, 0.05) is 38.4 Å². The number of hydrogen-bond donors (Lipinski definition) is 1. The summed E-state index contributed by atoms with van der Waals surface area (Å²) in [5.41, 5.74) is 3.97. The smallest absolute Gasteiger partial charge is 0.0964 e. The first kappa shape index (κ1) is 13.0. The zero-order chi connectivity index (χ0) is 14.1. The molecule has 0 unspecified atom stereocenters. The normalized spacial score (nSPS) is 18.1. The van der Waals surface area contributed by atoms with Crippen LogP contribution in [0.15, 0.2) is 30.5 Å². The number of rotatable bonds is 6. The number of fused-ring (bicyclic) bond motifs is 1. The number of benzene rings is 1. The standard InChI is InChI=1S/C16H21N5/c1-2-4-14-11-20(10-13(14)3-1)7-8-21-12-16(18-19-21)9-17-15-5-6-15/h1-4,12,15,17H,5-11H2. The van der Waals surface area contributed by atoms with Crippen molar-refractivity contribution in [3.8, 4) is 0 Å². The zero-order valence-corrected chi connectivity index (χ0v) is 12.2. The summed E-state index contributed by atoms with van der Waals surface area (Å²) >= 11 is 0. The first-order valence-corrected chi connectivity index (χ1v) is 7.78. The van der Waals surface area contributed by atoms with Crippen molar-refractivity contribution < 1.29 is 0 Å². The van der Waals surface area contributed by atoms with Crippen LogP contribution in [0.5, 0.6) is 0 Å². The quantitative estimate of drug-likeness (QED) is 0.873. The maximum Gasteiger partial charge on any atom is 0.0964 e. The molecule has 4 rings (SSSR count). The molecule has 1 aliphatic carbocycles.